The van der Waals surface area contributed by atoms with Crippen LogP contribution in [0.1, 0.15) is 16.1 Å². The van der Waals surface area contributed by atoms with Gasteiger partial charge in [-0.05, 0) is 18.2 Å². The molecule has 25 heavy (non-hydrogen) atoms. The van der Waals surface area contributed by atoms with Gasteiger partial charge in [0.2, 0.25) is 5.95 Å². The SMILES string of the molecule is NC(=O)c1cc(-c2ccc(C(F)(F)F)cc2)nc(N2CCNCC2)n1. The predicted molar refractivity (Wildman–Crippen MR) is 86.1 cm³/mol. The third-order valence-corrected chi connectivity index (χ3v) is 3.87. The zero-order chi connectivity index (χ0) is 18.0. The lowest BCUT2D eigenvalue weighted by Crippen LogP contribution is -2.44. The van der Waals surface area contributed by atoms with Gasteiger partial charge >= 0.3 is 6.18 Å². The molecule has 0 spiro atoms. The number of nitrogens with one attached hydrogen (secondary N) is 1. The summed E-state index contributed by atoms with van der Waals surface area (Å²) >= 11 is 0. The number of nitrogens with zero attached hydrogens (tertiary/aromatic N) is 3. The molecule has 1 fully saturated rings. The molecule has 1 amide bonds. The second kappa shape index (κ2) is 6.67. The zero-order valence-corrected chi connectivity index (χ0v) is 13.2. The molecule has 0 bridgehead atoms. The van der Waals surface area contributed by atoms with Gasteiger partial charge in [-0.25, -0.2) is 9.97 Å². The molecule has 0 aliphatic carbocycles. The van der Waals surface area contributed by atoms with Gasteiger partial charge in [0.15, 0.2) is 0 Å². The van der Waals surface area contributed by atoms with Gasteiger partial charge in [-0.2, -0.15) is 13.2 Å². The molecule has 0 radical (unpaired) electrons. The number of carbonyl (C=O) groups is 1. The van der Waals surface area contributed by atoms with Crippen LogP contribution in [0.15, 0.2) is 30.3 Å². The van der Waals surface area contributed by atoms with E-state index in [1.165, 1.54) is 18.2 Å². The average Bonchev–Trinajstić information content (AvgIpc) is 2.61. The molecule has 132 valence electrons. The van der Waals surface area contributed by atoms with Crippen LogP contribution in [-0.2, 0) is 6.18 Å². The van der Waals surface area contributed by atoms with Crippen LogP contribution < -0.4 is 16.0 Å². The summed E-state index contributed by atoms with van der Waals surface area (Å²) in [4.78, 5) is 22.0. The Morgan fingerprint density at radius 3 is 2.32 bits per heavy atom. The molecule has 1 aromatic heterocycles. The van der Waals surface area contributed by atoms with Crippen molar-refractivity contribution >= 4 is 11.9 Å². The van der Waals surface area contributed by atoms with Crippen LogP contribution in [0.25, 0.3) is 11.3 Å². The fraction of sp³-hybridized carbons (Fsp3) is 0.312. The van der Waals surface area contributed by atoms with Crippen LogP contribution in [0.3, 0.4) is 0 Å². The molecular formula is C16H16F3N5O. The van der Waals surface area contributed by atoms with Crippen molar-refractivity contribution in [3.05, 3.63) is 41.6 Å². The van der Waals surface area contributed by atoms with Gasteiger partial charge < -0.3 is 16.0 Å². The van der Waals surface area contributed by atoms with E-state index in [-0.39, 0.29) is 5.69 Å². The minimum absolute atomic E-state index is 0.0263. The third kappa shape index (κ3) is 3.87. The lowest BCUT2D eigenvalue weighted by Gasteiger charge is -2.27. The number of benzene rings is 1. The number of nitrogens with two attached hydrogens (primary N) is 1. The van der Waals surface area contributed by atoms with E-state index in [1.54, 1.807) is 0 Å². The number of hydrogen-bond donors (Lipinski definition) is 2. The van der Waals surface area contributed by atoms with Crippen LogP contribution in [0.5, 0.6) is 0 Å². The van der Waals surface area contributed by atoms with E-state index in [4.69, 9.17) is 5.73 Å². The number of hydrogen-bond acceptors (Lipinski definition) is 5. The van der Waals surface area contributed by atoms with Gasteiger partial charge in [-0.15, -0.1) is 0 Å². The summed E-state index contributed by atoms with van der Waals surface area (Å²) < 4.78 is 38.1. The maximum absolute atomic E-state index is 12.7. The topological polar surface area (TPSA) is 84.1 Å². The highest BCUT2D eigenvalue weighted by Crippen LogP contribution is 2.31. The van der Waals surface area contributed by atoms with Gasteiger partial charge in [0.05, 0.1) is 11.3 Å². The van der Waals surface area contributed by atoms with Crippen molar-refractivity contribution < 1.29 is 18.0 Å². The first-order valence-corrected chi connectivity index (χ1v) is 7.67. The summed E-state index contributed by atoms with van der Waals surface area (Å²) in [5.74, 6) is -0.375. The van der Waals surface area contributed by atoms with E-state index in [0.717, 1.165) is 25.2 Å². The summed E-state index contributed by atoms with van der Waals surface area (Å²) in [7, 11) is 0. The van der Waals surface area contributed by atoms with E-state index in [1.807, 2.05) is 4.90 Å². The summed E-state index contributed by atoms with van der Waals surface area (Å²) in [6, 6.07) is 5.98. The van der Waals surface area contributed by atoms with Crippen LogP contribution in [0.4, 0.5) is 19.1 Å². The second-order valence-corrected chi connectivity index (χ2v) is 5.61. The Bertz CT molecular complexity index is 770. The quantitative estimate of drug-likeness (QED) is 0.879. The Hall–Kier alpha value is -2.68. The number of piperazine rings is 1. The molecule has 3 N–H and O–H groups in total. The van der Waals surface area contributed by atoms with Crippen LogP contribution in [-0.4, -0.2) is 42.1 Å². The summed E-state index contributed by atoms with van der Waals surface area (Å²) in [6.07, 6.45) is -4.41. The maximum Gasteiger partial charge on any atom is 0.416 e. The van der Waals surface area contributed by atoms with Crippen molar-refractivity contribution in [2.75, 3.05) is 31.1 Å². The summed E-state index contributed by atoms with van der Waals surface area (Å²) in [5.41, 5.74) is 5.42. The lowest BCUT2D eigenvalue weighted by atomic mass is 10.1. The van der Waals surface area contributed by atoms with Gasteiger partial charge in [0, 0.05) is 31.7 Å². The average molecular weight is 351 g/mol. The van der Waals surface area contributed by atoms with Crippen molar-refractivity contribution in [1.82, 2.24) is 15.3 Å². The fourth-order valence-electron chi connectivity index (χ4n) is 2.54. The molecule has 1 aromatic carbocycles. The minimum Gasteiger partial charge on any atom is -0.364 e. The van der Waals surface area contributed by atoms with Crippen LogP contribution >= 0.6 is 0 Å². The molecule has 0 unspecified atom stereocenters. The summed E-state index contributed by atoms with van der Waals surface area (Å²) in [5, 5.41) is 3.19. The Morgan fingerprint density at radius 1 is 1.12 bits per heavy atom. The van der Waals surface area contributed by atoms with Gasteiger partial charge in [-0.3, -0.25) is 4.79 Å². The molecule has 6 nitrogen and oxygen atoms in total. The normalized spacial score (nSPS) is 15.2. The number of anilines is 1. The standard InChI is InChI=1S/C16H16F3N5O/c17-16(18,19)11-3-1-10(2-4-11)12-9-13(14(20)25)23-15(22-12)24-7-5-21-6-8-24/h1-4,9,21H,5-8H2,(H2,20,25). The van der Waals surface area contributed by atoms with Gasteiger partial charge in [-0.1, -0.05) is 12.1 Å². The lowest BCUT2D eigenvalue weighted by molar-refractivity contribution is -0.137. The zero-order valence-electron chi connectivity index (χ0n) is 13.2. The molecule has 3 rings (SSSR count). The largest absolute Gasteiger partial charge is 0.416 e. The van der Waals surface area contributed by atoms with Crippen molar-refractivity contribution in [2.24, 2.45) is 5.73 Å². The Kier molecular flexibility index (Phi) is 4.58. The maximum atomic E-state index is 12.7. The van der Waals surface area contributed by atoms with Gasteiger partial charge in [0.25, 0.3) is 5.91 Å². The monoisotopic (exact) mass is 351 g/mol. The first-order valence-electron chi connectivity index (χ1n) is 7.67. The molecule has 9 heteroatoms. The highest BCUT2D eigenvalue weighted by molar-refractivity contribution is 5.92. The Labute approximate surface area is 141 Å². The number of amides is 1. The van der Waals surface area contributed by atoms with Crippen molar-refractivity contribution in [3.63, 3.8) is 0 Å². The number of halogens is 3. The minimum atomic E-state index is -4.41. The number of rotatable bonds is 3. The first kappa shape index (κ1) is 17.2. The van der Waals surface area contributed by atoms with Crippen LogP contribution in [0.2, 0.25) is 0 Å². The first-order chi connectivity index (χ1) is 11.8. The number of alkyl halides is 3. The van der Waals surface area contributed by atoms with Crippen LogP contribution in [0, 0.1) is 0 Å². The van der Waals surface area contributed by atoms with Gasteiger partial charge in [0.1, 0.15) is 5.69 Å². The molecule has 2 heterocycles. The number of primary amides is 1. The molecule has 0 atom stereocenters. The molecule has 0 saturated carbocycles. The van der Waals surface area contributed by atoms with Crippen molar-refractivity contribution in [2.45, 2.75) is 6.18 Å². The molecule has 1 aliphatic rings. The van der Waals surface area contributed by atoms with E-state index < -0.39 is 17.6 Å². The smallest absolute Gasteiger partial charge is 0.364 e. The van der Waals surface area contributed by atoms with E-state index in [9.17, 15) is 18.0 Å². The van der Waals surface area contributed by atoms with E-state index in [0.29, 0.717) is 30.3 Å². The van der Waals surface area contributed by atoms with Crippen molar-refractivity contribution in [1.29, 1.82) is 0 Å². The molecule has 1 aliphatic heterocycles. The second-order valence-electron chi connectivity index (χ2n) is 5.61. The Morgan fingerprint density at radius 2 is 1.76 bits per heavy atom. The molecule has 2 aromatic rings. The van der Waals surface area contributed by atoms with E-state index >= 15 is 0 Å². The fourth-order valence-corrected chi connectivity index (χ4v) is 2.54. The molecule has 1 saturated heterocycles. The van der Waals surface area contributed by atoms with E-state index in [2.05, 4.69) is 15.3 Å². The summed E-state index contributed by atoms with van der Waals surface area (Å²) in [6.45, 7) is 2.82. The highest BCUT2D eigenvalue weighted by atomic mass is 19.4. The Balaban J connectivity index is 1.99. The third-order valence-electron chi connectivity index (χ3n) is 3.87. The highest BCUT2D eigenvalue weighted by Gasteiger charge is 2.30. The predicted octanol–water partition coefficient (Wildman–Crippen LogP) is 1.67. The number of aromatic nitrogens is 2. The van der Waals surface area contributed by atoms with Crippen molar-refractivity contribution in [3.8, 4) is 11.3 Å². The molecular weight excluding hydrogens is 335 g/mol. The number of carbonyl (C=O) groups excluding carboxylic acids is 1.